The molecule has 0 aliphatic rings. The molecule has 0 aliphatic heterocycles. The summed E-state index contributed by atoms with van der Waals surface area (Å²) < 4.78 is 37.6. The lowest BCUT2D eigenvalue weighted by Crippen LogP contribution is -2.06. The van der Waals surface area contributed by atoms with E-state index in [-0.39, 0.29) is 5.92 Å². The Morgan fingerprint density at radius 2 is 1.67 bits per heavy atom. The number of hydrogen-bond donors (Lipinski definition) is 0. The molecular weight excluding hydrogens is 273 g/mol. The van der Waals surface area contributed by atoms with Crippen LogP contribution in [0.2, 0.25) is 0 Å². The van der Waals surface area contributed by atoms with Gasteiger partial charge in [-0.3, -0.25) is 0 Å². The predicted octanol–water partition coefficient (Wildman–Crippen LogP) is 6.58. The molecule has 0 saturated heterocycles. The van der Waals surface area contributed by atoms with E-state index in [2.05, 4.69) is 33.8 Å². The van der Waals surface area contributed by atoms with Crippen LogP contribution in [-0.2, 0) is 6.18 Å². The molecule has 0 saturated carbocycles. The van der Waals surface area contributed by atoms with Crippen molar-refractivity contribution in [2.24, 2.45) is 5.92 Å². The minimum absolute atomic E-state index is 0.286. The highest BCUT2D eigenvalue weighted by molar-refractivity contribution is 5.26. The molecule has 0 radical (unpaired) electrons. The fraction of sp³-hybridized carbons (Fsp3) is 0.556. The van der Waals surface area contributed by atoms with Crippen molar-refractivity contribution in [3.8, 4) is 0 Å². The van der Waals surface area contributed by atoms with Gasteiger partial charge in [-0.15, -0.1) is 0 Å². The lowest BCUT2D eigenvalue weighted by Gasteiger charge is -2.18. The van der Waals surface area contributed by atoms with Crippen molar-refractivity contribution in [2.45, 2.75) is 59.1 Å². The fourth-order valence-electron chi connectivity index (χ4n) is 2.51. The van der Waals surface area contributed by atoms with Crippen molar-refractivity contribution in [3.63, 3.8) is 0 Å². The Hall–Kier alpha value is -1.25. The van der Waals surface area contributed by atoms with Gasteiger partial charge >= 0.3 is 6.18 Å². The lowest BCUT2D eigenvalue weighted by molar-refractivity contribution is -0.137. The molecule has 21 heavy (non-hydrogen) atoms. The van der Waals surface area contributed by atoms with Gasteiger partial charge in [0, 0.05) is 0 Å². The van der Waals surface area contributed by atoms with E-state index in [1.807, 2.05) is 0 Å². The molecule has 3 heteroatoms. The van der Waals surface area contributed by atoms with E-state index >= 15 is 0 Å². The summed E-state index contributed by atoms with van der Waals surface area (Å²) in [4.78, 5) is 0. The van der Waals surface area contributed by atoms with Crippen molar-refractivity contribution in [3.05, 3.63) is 47.0 Å². The van der Waals surface area contributed by atoms with Crippen molar-refractivity contribution in [1.82, 2.24) is 0 Å². The standard InChI is InChI=1S/C18H25F3/c1-13(2)6-5-7-14(3)12-15(4)16-8-10-17(11-9-16)18(19,20)21/h6,8-11,14-15H,5,7,12H2,1-4H3/t14-,15?/m1/s1. The molecule has 0 amide bonds. The average Bonchev–Trinajstić information content (AvgIpc) is 2.37. The minimum atomic E-state index is -4.25. The van der Waals surface area contributed by atoms with E-state index in [1.54, 1.807) is 12.1 Å². The molecule has 0 aliphatic carbocycles. The van der Waals surface area contributed by atoms with Crippen LogP contribution in [-0.4, -0.2) is 0 Å². The molecule has 1 aromatic rings. The number of allylic oxidation sites excluding steroid dienone is 2. The Bertz CT molecular complexity index is 450. The first-order valence-electron chi connectivity index (χ1n) is 7.50. The van der Waals surface area contributed by atoms with Gasteiger partial charge in [0.25, 0.3) is 0 Å². The van der Waals surface area contributed by atoms with Gasteiger partial charge < -0.3 is 0 Å². The molecule has 0 nitrogen and oxygen atoms in total. The second-order valence-electron chi connectivity index (χ2n) is 6.22. The van der Waals surface area contributed by atoms with Crippen LogP contribution in [0.15, 0.2) is 35.9 Å². The largest absolute Gasteiger partial charge is 0.416 e. The zero-order chi connectivity index (χ0) is 16.0. The Morgan fingerprint density at radius 1 is 1.10 bits per heavy atom. The summed E-state index contributed by atoms with van der Waals surface area (Å²) in [6, 6.07) is 5.58. The van der Waals surface area contributed by atoms with Gasteiger partial charge in [-0.2, -0.15) is 13.2 Å². The summed E-state index contributed by atoms with van der Waals surface area (Å²) in [5, 5.41) is 0. The van der Waals surface area contributed by atoms with Crippen LogP contribution in [0.3, 0.4) is 0 Å². The van der Waals surface area contributed by atoms with Crippen molar-refractivity contribution >= 4 is 0 Å². The molecule has 1 unspecified atom stereocenters. The summed E-state index contributed by atoms with van der Waals surface area (Å²) in [6.07, 6.45) is 1.18. The molecule has 1 rings (SSSR count). The van der Waals surface area contributed by atoms with Gasteiger partial charge in [-0.05, 0) is 62.6 Å². The molecule has 0 heterocycles. The van der Waals surface area contributed by atoms with Crippen molar-refractivity contribution in [2.75, 3.05) is 0 Å². The van der Waals surface area contributed by atoms with E-state index in [0.717, 1.165) is 24.8 Å². The molecule has 0 spiro atoms. The van der Waals surface area contributed by atoms with E-state index in [0.29, 0.717) is 5.92 Å². The van der Waals surface area contributed by atoms with E-state index in [1.165, 1.54) is 17.7 Å². The number of halogens is 3. The molecule has 0 fully saturated rings. The van der Waals surface area contributed by atoms with Gasteiger partial charge in [0.2, 0.25) is 0 Å². The van der Waals surface area contributed by atoms with Crippen LogP contribution < -0.4 is 0 Å². The third-order valence-corrected chi connectivity index (χ3v) is 3.78. The molecule has 0 aromatic heterocycles. The van der Waals surface area contributed by atoms with E-state index < -0.39 is 11.7 Å². The van der Waals surface area contributed by atoms with Gasteiger partial charge in [-0.1, -0.05) is 37.6 Å². The Balaban J connectivity index is 2.55. The first-order chi connectivity index (χ1) is 9.70. The average molecular weight is 298 g/mol. The summed E-state index contributed by atoms with van der Waals surface area (Å²) in [6.45, 7) is 8.48. The quantitative estimate of drug-likeness (QED) is 0.520. The topological polar surface area (TPSA) is 0 Å². The second-order valence-corrected chi connectivity index (χ2v) is 6.22. The number of benzene rings is 1. The maximum Gasteiger partial charge on any atom is 0.416 e. The molecule has 0 bridgehead atoms. The summed E-state index contributed by atoms with van der Waals surface area (Å²) in [7, 11) is 0. The van der Waals surface area contributed by atoms with Crippen LogP contribution >= 0.6 is 0 Å². The summed E-state index contributed by atoms with van der Waals surface area (Å²) in [5.41, 5.74) is 1.74. The minimum Gasteiger partial charge on any atom is -0.166 e. The van der Waals surface area contributed by atoms with E-state index in [4.69, 9.17) is 0 Å². The SMILES string of the molecule is CC(C)=CCC[C@@H](C)CC(C)c1ccc(C(F)(F)F)cc1. The molecule has 0 N–H and O–H groups in total. The Kier molecular flexibility index (Phi) is 6.50. The van der Waals surface area contributed by atoms with Crippen molar-refractivity contribution in [1.29, 1.82) is 0 Å². The first-order valence-corrected chi connectivity index (χ1v) is 7.50. The van der Waals surface area contributed by atoms with Gasteiger partial charge in [0.15, 0.2) is 0 Å². The number of rotatable bonds is 6. The zero-order valence-electron chi connectivity index (χ0n) is 13.3. The van der Waals surface area contributed by atoms with Crippen LogP contribution in [0.4, 0.5) is 13.2 Å². The lowest BCUT2D eigenvalue weighted by atomic mass is 9.88. The fourth-order valence-corrected chi connectivity index (χ4v) is 2.51. The molecule has 118 valence electrons. The van der Waals surface area contributed by atoms with Crippen LogP contribution in [0.25, 0.3) is 0 Å². The highest BCUT2D eigenvalue weighted by Crippen LogP contribution is 2.31. The third kappa shape index (κ3) is 6.36. The number of hydrogen-bond acceptors (Lipinski definition) is 0. The Morgan fingerprint density at radius 3 is 2.14 bits per heavy atom. The zero-order valence-corrected chi connectivity index (χ0v) is 13.3. The number of alkyl halides is 3. The monoisotopic (exact) mass is 298 g/mol. The third-order valence-electron chi connectivity index (χ3n) is 3.78. The van der Waals surface area contributed by atoms with Gasteiger partial charge in [-0.25, -0.2) is 0 Å². The second kappa shape index (κ2) is 7.67. The molecule has 1 aromatic carbocycles. The van der Waals surface area contributed by atoms with Crippen LogP contribution in [0.1, 0.15) is 64.0 Å². The maximum absolute atomic E-state index is 12.5. The predicted molar refractivity (Wildman–Crippen MR) is 82.3 cm³/mol. The van der Waals surface area contributed by atoms with Crippen molar-refractivity contribution < 1.29 is 13.2 Å². The van der Waals surface area contributed by atoms with E-state index in [9.17, 15) is 13.2 Å². The normalized spacial score (nSPS) is 14.6. The first kappa shape index (κ1) is 17.8. The molecule has 2 atom stereocenters. The maximum atomic E-state index is 12.5. The smallest absolute Gasteiger partial charge is 0.166 e. The van der Waals surface area contributed by atoms with Crippen LogP contribution in [0.5, 0.6) is 0 Å². The molecular formula is C18H25F3. The summed E-state index contributed by atoms with van der Waals surface area (Å²) >= 11 is 0. The van der Waals surface area contributed by atoms with Gasteiger partial charge in [0.1, 0.15) is 0 Å². The van der Waals surface area contributed by atoms with Crippen LogP contribution in [0, 0.1) is 5.92 Å². The van der Waals surface area contributed by atoms with Gasteiger partial charge in [0.05, 0.1) is 5.56 Å². The highest BCUT2D eigenvalue weighted by Gasteiger charge is 2.30. The highest BCUT2D eigenvalue weighted by atomic mass is 19.4. The Labute approximate surface area is 126 Å². The summed E-state index contributed by atoms with van der Waals surface area (Å²) in [5.74, 6) is 0.854.